The van der Waals surface area contributed by atoms with Crippen LogP contribution in [-0.2, 0) is 14.8 Å². The molecule has 0 saturated carbocycles. The molecular weight excluding hydrogens is 450 g/mol. The van der Waals surface area contributed by atoms with Crippen LogP contribution >= 0.6 is 11.3 Å². The van der Waals surface area contributed by atoms with Gasteiger partial charge in [-0.2, -0.15) is 5.10 Å². The highest BCUT2D eigenvalue weighted by Gasteiger charge is 2.29. The molecule has 0 atom stereocenters. The van der Waals surface area contributed by atoms with Crippen LogP contribution in [0, 0.1) is 0 Å². The first-order valence-electron chi connectivity index (χ1n) is 9.53. The normalized spacial score (nSPS) is 11.7. The van der Waals surface area contributed by atoms with E-state index in [-0.39, 0.29) is 16.3 Å². The van der Waals surface area contributed by atoms with Crippen LogP contribution in [-0.4, -0.2) is 40.8 Å². The SMILES string of the molecule is COc1ccc(OC)c(N(CC(=O)N/N=C(/C)c2cccs2)S(=O)(=O)c2ccccc2)c1. The Morgan fingerprint density at radius 1 is 1.06 bits per heavy atom. The maximum absolute atomic E-state index is 13.5. The van der Waals surface area contributed by atoms with E-state index in [0.29, 0.717) is 11.5 Å². The van der Waals surface area contributed by atoms with E-state index in [1.54, 1.807) is 37.3 Å². The Kier molecular flexibility index (Phi) is 7.49. The first-order chi connectivity index (χ1) is 15.4. The number of carbonyl (C=O) groups excluding carboxylic acids is 1. The van der Waals surface area contributed by atoms with Crippen LogP contribution in [0.3, 0.4) is 0 Å². The van der Waals surface area contributed by atoms with Crippen molar-refractivity contribution in [2.45, 2.75) is 11.8 Å². The Labute approximate surface area is 191 Å². The summed E-state index contributed by atoms with van der Waals surface area (Å²) in [6.45, 7) is 1.25. The van der Waals surface area contributed by atoms with Gasteiger partial charge in [-0.05, 0) is 42.6 Å². The van der Waals surface area contributed by atoms with Crippen LogP contribution in [0.2, 0.25) is 0 Å². The second-order valence-electron chi connectivity index (χ2n) is 6.57. The van der Waals surface area contributed by atoms with Crippen molar-refractivity contribution in [3.63, 3.8) is 0 Å². The van der Waals surface area contributed by atoms with Crippen molar-refractivity contribution in [1.29, 1.82) is 0 Å². The minimum absolute atomic E-state index is 0.0379. The topological polar surface area (TPSA) is 97.3 Å². The minimum Gasteiger partial charge on any atom is -0.497 e. The van der Waals surface area contributed by atoms with Gasteiger partial charge in [-0.25, -0.2) is 13.8 Å². The summed E-state index contributed by atoms with van der Waals surface area (Å²) in [6, 6.07) is 16.4. The van der Waals surface area contributed by atoms with E-state index in [1.807, 2.05) is 17.5 Å². The molecule has 0 radical (unpaired) electrons. The lowest BCUT2D eigenvalue weighted by Crippen LogP contribution is -2.40. The van der Waals surface area contributed by atoms with Crippen molar-refractivity contribution >= 4 is 38.7 Å². The number of hydrogen-bond acceptors (Lipinski definition) is 7. The van der Waals surface area contributed by atoms with Gasteiger partial charge in [0.15, 0.2) is 0 Å². The number of hydrazone groups is 1. The molecule has 1 amide bonds. The number of thiophene rings is 1. The minimum atomic E-state index is -4.10. The molecule has 2 aromatic carbocycles. The van der Waals surface area contributed by atoms with Crippen LogP contribution in [0.25, 0.3) is 0 Å². The van der Waals surface area contributed by atoms with Crippen LogP contribution in [0.4, 0.5) is 5.69 Å². The summed E-state index contributed by atoms with van der Waals surface area (Å²) in [5.74, 6) is 0.0858. The lowest BCUT2D eigenvalue weighted by molar-refractivity contribution is -0.119. The molecule has 8 nitrogen and oxygen atoms in total. The maximum atomic E-state index is 13.5. The van der Waals surface area contributed by atoms with Crippen molar-refractivity contribution in [2.24, 2.45) is 5.10 Å². The van der Waals surface area contributed by atoms with Gasteiger partial charge in [0.1, 0.15) is 18.0 Å². The van der Waals surface area contributed by atoms with E-state index in [2.05, 4.69) is 10.5 Å². The van der Waals surface area contributed by atoms with Crippen molar-refractivity contribution in [3.8, 4) is 11.5 Å². The number of ether oxygens (including phenoxy) is 2. The number of nitrogens with zero attached hydrogens (tertiary/aromatic N) is 2. The number of sulfonamides is 1. The lowest BCUT2D eigenvalue weighted by atomic mass is 10.2. The van der Waals surface area contributed by atoms with Crippen LogP contribution in [0.1, 0.15) is 11.8 Å². The molecule has 0 saturated heterocycles. The molecule has 0 unspecified atom stereocenters. The highest BCUT2D eigenvalue weighted by Crippen LogP contribution is 2.35. The summed E-state index contributed by atoms with van der Waals surface area (Å²) in [5.41, 5.74) is 3.22. The first-order valence-corrected chi connectivity index (χ1v) is 11.9. The molecule has 3 rings (SSSR count). The summed E-state index contributed by atoms with van der Waals surface area (Å²) in [4.78, 5) is 13.7. The van der Waals surface area contributed by atoms with Crippen LogP contribution in [0.5, 0.6) is 11.5 Å². The van der Waals surface area contributed by atoms with Gasteiger partial charge in [0.2, 0.25) is 0 Å². The molecule has 1 aromatic heterocycles. The molecule has 168 valence electrons. The van der Waals surface area contributed by atoms with Gasteiger partial charge >= 0.3 is 0 Å². The third kappa shape index (κ3) is 5.27. The average Bonchev–Trinajstić information content (AvgIpc) is 3.36. The molecule has 10 heteroatoms. The number of nitrogens with one attached hydrogen (secondary N) is 1. The summed E-state index contributed by atoms with van der Waals surface area (Å²) in [7, 11) is -1.21. The molecule has 1 heterocycles. The van der Waals surface area contributed by atoms with Crippen molar-refractivity contribution in [1.82, 2.24) is 5.43 Å². The Bertz CT molecular complexity index is 1190. The molecule has 32 heavy (non-hydrogen) atoms. The number of methoxy groups -OCH3 is 2. The van der Waals surface area contributed by atoms with Crippen molar-refractivity contribution < 1.29 is 22.7 Å². The van der Waals surface area contributed by atoms with Gasteiger partial charge in [-0.3, -0.25) is 9.10 Å². The van der Waals surface area contributed by atoms with Gasteiger partial charge in [0, 0.05) is 10.9 Å². The standard InChI is InChI=1S/C22H23N3O5S2/c1-16(21-10-7-13-31-21)23-24-22(26)15-25(32(27,28)18-8-5-4-6-9-18)19-14-17(29-2)11-12-20(19)30-3/h4-14H,15H2,1-3H3,(H,24,26)/b23-16-. The zero-order valence-electron chi connectivity index (χ0n) is 17.8. The van der Waals surface area contributed by atoms with Gasteiger partial charge in [0.05, 0.1) is 30.5 Å². The summed E-state index contributed by atoms with van der Waals surface area (Å²) in [5, 5.41) is 6.00. The molecule has 0 bridgehead atoms. The molecule has 1 N–H and O–H groups in total. The number of rotatable bonds is 9. The van der Waals surface area contributed by atoms with Gasteiger partial charge in [-0.15, -0.1) is 11.3 Å². The molecule has 0 aliphatic rings. The molecular formula is C22H23N3O5S2. The van der Waals surface area contributed by atoms with Crippen molar-refractivity contribution in [3.05, 3.63) is 70.9 Å². The fraction of sp³-hybridized carbons (Fsp3) is 0.182. The number of anilines is 1. The van der Waals surface area contributed by atoms with E-state index in [1.165, 1.54) is 43.8 Å². The molecule has 0 aliphatic carbocycles. The largest absolute Gasteiger partial charge is 0.497 e. The maximum Gasteiger partial charge on any atom is 0.264 e. The number of hydrogen-bond donors (Lipinski definition) is 1. The second-order valence-corrected chi connectivity index (χ2v) is 9.38. The Hall–Kier alpha value is -3.37. The first kappa shape index (κ1) is 23.3. The molecule has 0 fully saturated rings. The fourth-order valence-corrected chi connectivity index (χ4v) is 4.98. The number of amides is 1. The molecule has 0 aliphatic heterocycles. The van der Waals surface area contributed by atoms with Crippen LogP contribution < -0.4 is 19.2 Å². The Morgan fingerprint density at radius 3 is 2.44 bits per heavy atom. The zero-order chi connectivity index (χ0) is 23.1. The van der Waals surface area contributed by atoms with Crippen molar-refractivity contribution in [2.75, 3.05) is 25.1 Å². The zero-order valence-corrected chi connectivity index (χ0v) is 19.4. The quantitative estimate of drug-likeness (QED) is 0.379. The monoisotopic (exact) mass is 473 g/mol. The van der Waals surface area contributed by atoms with E-state index in [4.69, 9.17) is 9.47 Å². The van der Waals surface area contributed by atoms with E-state index >= 15 is 0 Å². The smallest absolute Gasteiger partial charge is 0.264 e. The lowest BCUT2D eigenvalue weighted by Gasteiger charge is -2.25. The number of benzene rings is 2. The molecule has 0 spiro atoms. The van der Waals surface area contributed by atoms with Crippen LogP contribution in [0.15, 0.2) is 76.0 Å². The molecule has 3 aromatic rings. The van der Waals surface area contributed by atoms with E-state index in [9.17, 15) is 13.2 Å². The van der Waals surface area contributed by atoms with Gasteiger partial charge in [-0.1, -0.05) is 24.3 Å². The Balaban J connectivity index is 1.98. The summed E-state index contributed by atoms with van der Waals surface area (Å²) >= 11 is 1.49. The summed E-state index contributed by atoms with van der Waals surface area (Å²) in [6.07, 6.45) is 0. The Morgan fingerprint density at radius 2 is 1.81 bits per heavy atom. The van der Waals surface area contributed by atoms with E-state index in [0.717, 1.165) is 9.18 Å². The van der Waals surface area contributed by atoms with E-state index < -0.39 is 22.5 Å². The predicted molar refractivity (Wildman–Crippen MR) is 125 cm³/mol. The second kappa shape index (κ2) is 10.3. The summed E-state index contributed by atoms with van der Waals surface area (Å²) < 4.78 is 38.5. The highest BCUT2D eigenvalue weighted by atomic mass is 32.2. The predicted octanol–water partition coefficient (Wildman–Crippen LogP) is 3.50. The van der Waals surface area contributed by atoms with Gasteiger partial charge in [0.25, 0.3) is 15.9 Å². The highest BCUT2D eigenvalue weighted by molar-refractivity contribution is 7.92. The fourth-order valence-electron chi connectivity index (χ4n) is 2.86. The average molecular weight is 474 g/mol. The number of carbonyl (C=O) groups is 1. The third-order valence-electron chi connectivity index (χ3n) is 4.50. The van der Waals surface area contributed by atoms with Gasteiger partial charge < -0.3 is 9.47 Å². The third-order valence-corrected chi connectivity index (χ3v) is 7.25.